The van der Waals surface area contributed by atoms with Crippen LogP contribution < -0.4 is 10.1 Å². The molecule has 5 nitrogen and oxygen atoms in total. The van der Waals surface area contributed by atoms with Crippen LogP contribution in [0.5, 0.6) is 5.75 Å². The molecule has 0 radical (unpaired) electrons. The minimum atomic E-state index is -0.891. The first-order valence-corrected chi connectivity index (χ1v) is 10.9. The molecule has 2 N–H and O–H groups in total. The van der Waals surface area contributed by atoms with Crippen molar-refractivity contribution in [3.63, 3.8) is 0 Å². The van der Waals surface area contributed by atoms with Gasteiger partial charge in [0.15, 0.2) is 0 Å². The predicted octanol–water partition coefficient (Wildman–Crippen LogP) is 4.12. The van der Waals surface area contributed by atoms with Crippen LogP contribution in [0.15, 0.2) is 12.1 Å². The standard InChI is InChI=1S/C22H32ClFN2O3/c1-4-22(26(2)3)7-5-14(6-8-22)9-15-10-16(11-18(24)20(15)23)29-17-12-19(21(27)28)25-13-17/h10-11,14,17,19,25H,4-9,12-13H2,1-3H3,(H,27,28)/t14-,17-,19-,22-/m0/s1. The molecule has 1 aliphatic carbocycles. The molecule has 1 aliphatic heterocycles. The summed E-state index contributed by atoms with van der Waals surface area (Å²) >= 11 is 6.27. The number of hydrogen-bond donors (Lipinski definition) is 2. The van der Waals surface area contributed by atoms with Crippen LogP contribution >= 0.6 is 11.6 Å². The van der Waals surface area contributed by atoms with E-state index < -0.39 is 17.8 Å². The SMILES string of the molecule is CC[C@]1(N(C)C)CC[C@H](Cc2cc(O[C@@H]3CN[C@H](C(=O)O)C3)cc(F)c2Cl)CC1. The molecule has 7 heteroatoms. The topological polar surface area (TPSA) is 61.8 Å². The van der Waals surface area contributed by atoms with Gasteiger partial charge in [0.25, 0.3) is 0 Å². The van der Waals surface area contributed by atoms with E-state index in [2.05, 4.69) is 31.2 Å². The van der Waals surface area contributed by atoms with E-state index in [1.807, 2.05) is 6.07 Å². The number of nitrogens with zero attached hydrogens (tertiary/aromatic N) is 1. The van der Waals surface area contributed by atoms with E-state index in [9.17, 15) is 9.18 Å². The smallest absolute Gasteiger partial charge is 0.320 e. The number of aliphatic carboxylic acids is 1. The monoisotopic (exact) mass is 426 g/mol. The average molecular weight is 427 g/mol. The maximum Gasteiger partial charge on any atom is 0.320 e. The van der Waals surface area contributed by atoms with E-state index in [0.29, 0.717) is 24.6 Å². The Morgan fingerprint density at radius 3 is 2.62 bits per heavy atom. The molecule has 0 aromatic heterocycles. The molecule has 29 heavy (non-hydrogen) atoms. The van der Waals surface area contributed by atoms with Crippen molar-refractivity contribution in [1.82, 2.24) is 10.2 Å². The molecule has 3 rings (SSSR count). The number of carboxylic acid groups (broad SMARTS) is 1. The summed E-state index contributed by atoms with van der Waals surface area (Å²) in [6, 6.07) is 2.51. The fraction of sp³-hybridized carbons (Fsp3) is 0.682. The van der Waals surface area contributed by atoms with Crippen LogP contribution in [0.2, 0.25) is 5.02 Å². The van der Waals surface area contributed by atoms with Crippen LogP contribution in [0.25, 0.3) is 0 Å². The second kappa shape index (κ2) is 9.19. The number of ether oxygens (including phenoxy) is 1. The van der Waals surface area contributed by atoms with Crippen molar-refractivity contribution in [3.05, 3.63) is 28.5 Å². The number of hydrogen-bond acceptors (Lipinski definition) is 4. The van der Waals surface area contributed by atoms with Crippen molar-refractivity contribution < 1.29 is 19.0 Å². The van der Waals surface area contributed by atoms with Crippen molar-refractivity contribution in [2.45, 2.75) is 69.6 Å². The van der Waals surface area contributed by atoms with Gasteiger partial charge in [0, 0.05) is 24.6 Å². The third-order valence-corrected chi connectivity index (χ3v) is 7.34. The van der Waals surface area contributed by atoms with Gasteiger partial charge in [0.2, 0.25) is 0 Å². The highest BCUT2D eigenvalue weighted by Gasteiger charge is 2.36. The molecule has 1 aromatic rings. The molecule has 1 aromatic carbocycles. The number of carbonyl (C=O) groups is 1. The van der Waals surface area contributed by atoms with Crippen molar-refractivity contribution in [2.75, 3.05) is 20.6 Å². The van der Waals surface area contributed by atoms with E-state index in [1.165, 1.54) is 6.07 Å². The Bertz CT molecular complexity index is 735. The summed E-state index contributed by atoms with van der Waals surface area (Å²) in [6.07, 6.45) is 6.43. The third-order valence-electron chi connectivity index (χ3n) is 6.92. The van der Waals surface area contributed by atoms with Crippen LogP contribution in [0.1, 0.15) is 51.0 Å². The van der Waals surface area contributed by atoms with Crippen LogP contribution in [-0.2, 0) is 11.2 Å². The molecule has 1 saturated heterocycles. The lowest BCUT2D eigenvalue weighted by atomic mass is 9.72. The molecule has 0 spiro atoms. The van der Waals surface area contributed by atoms with Gasteiger partial charge in [0.1, 0.15) is 23.7 Å². The molecule has 162 valence electrons. The second-order valence-corrected chi connectivity index (χ2v) is 9.15. The highest BCUT2D eigenvalue weighted by atomic mass is 35.5. The van der Waals surface area contributed by atoms with E-state index in [4.69, 9.17) is 21.4 Å². The summed E-state index contributed by atoms with van der Waals surface area (Å²) in [5, 5.41) is 12.2. The van der Waals surface area contributed by atoms with Gasteiger partial charge in [0.05, 0.1) is 5.02 Å². The Morgan fingerprint density at radius 1 is 1.38 bits per heavy atom. The zero-order chi connectivity index (χ0) is 21.2. The molecule has 2 aliphatic rings. The summed E-state index contributed by atoms with van der Waals surface area (Å²) < 4.78 is 20.3. The first kappa shape index (κ1) is 22.3. The lowest BCUT2D eigenvalue weighted by molar-refractivity contribution is -0.139. The van der Waals surface area contributed by atoms with E-state index in [1.54, 1.807) is 0 Å². The highest BCUT2D eigenvalue weighted by Crippen LogP contribution is 2.40. The summed E-state index contributed by atoms with van der Waals surface area (Å²) in [5.74, 6) is -0.470. The number of benzene rings is 1. The minimum absolute atomic E-state index is 0.172. The Hall–Kier alpha value is -1.37. The highest BCUT2D eigenvalue weighted by molar-refractivity contribution is 6.31. The average Bonchev–Trinajstić information content (AvgIpc) is 3.15. The van der Waals surface area contributed by atoms with Crippen LogP contribution in [-0.4, -0.2) is 54.3 Å². The van der Waals surface area contributed by atoms with Gasteiger partial charge in [-0.05, 0) is 70.2 Å². The molecule has 2 atom stereocenters. The van der Waals surface area contributed by atoms with Gasteiger partial charge in [-0.25, -0.2) is 4.39 Å². The van der Waals surface area contributed by atoms with Crippen LogP contribution in [0.4, 0.5) is 4.39 Å². The van der Waals surface area contributed by atoms with Gasteiger partial charge < -0.3 is 20.1 Å². The van der Waals surface area contributed by atoms with Crippen molar-refractivity contribution in [3.8, 4) is 5.75 Å². The minimum Gasteiger partial charge on any atom is -0.489 e. The van der Waals surface area contributed by atoms with Gasteiger partial charge in [-0.2, -0.15) is 0 Å². The largest absolute Gasteiger partial charge is 0.489 e. The van der Waals surface area contributed by atoms with E-state index in [-0.39, 0.29) is 16.7 Å². The normalized spacial score (nSPS) is 29.9. The summed E-state index contributed by atoms with van der Waals surface area (Å²) in [4.78, 5) is 13.4. The Morgan fingerprint density at radius 2 is 2.07 bits per heavy atom. The summed E-state index contributed by atoms with van der Waals surface area (Å²) in [7, 11) is 4.31. The first-order valence-electron chi connectivity index (χ1n) is 10.5. The molecule has 0 amide bonds. The van der Waals surface area contributed by atoms with Gasteiger partial charge in [-0.3, -0.25) is 4.79 Å². The number of carboxylic acids is 1. The Kier molecular flexibility index (Phi) is 7.07. The summed E-state index contributed by atoms with van der Waals surface area (Å²) in [5.41, 5.74) is 1.05. The van der Waals surface area contributed by atoms with Gasteiger partial charge in [-0.1, -0.05) is 18.5 Å². The molecule has 0 unspecified atom stereocenters. The predicted molar refractivity (Wildman–Crippen MR) is 112 cm³/mol. The molecular formula is C22H32ClFN2O3. The molecule has 2 fully saturated rings. The third kappa shape index (κ3) is 5.04. The van der Waals surface area contributed by atoms with Crippen molar-refractivity contribution >= 4 is 17.6 Å². The molecule has 1 saturated carbocycles. The number of halogens is 2. The second-order valence-electron chi connectivity index (χ2n) is 8.77. The summed E-state index contributed by atoms with van der Waals surface area (Å²) in [6.45, 7) is 2.68. The first-order chi connectivity index (χ1) is 13.7. The van der Waals surface area contributed by atoms with E-state index >= 15 is 0 Å². The maximum absolute atomic E-state index is 14.4. The van der Waals surface area contributed by atoms with Crippen molar-refractivity contribution in [1.29, 1.82) is 0 Å². The molecule has 0 bridgehead atoms. The van der Waals surface area contributed by atoms with E-state index in [0.717, 1.165) is 44.1 Å². The van der Waals surface area contributed by atoms with Gasteiger partial charge in [-0.15, -0.1) is 0 Å². The zero-order valence-corrected chi connectivity index (χ0v) is 18.3. The molecular weight excluding hydrogens is 395 g/mol. The van der Waals surface area contributed by atoms with Gasteiger partial charge >= 0.3 is 5.97 Å². The Labute approximate surface area is 177 Å². The quantitative estimate of drug-likeness (QED) is 0.686. The zero-order valence-electron chi connectivity index (χ0n) is 17.5. The fourth-order valence-electron chi connectivity index (χ4n) is 4.86. The fourth-order valence-corrected chi connectivity index (χ4v) is 5.04. The lowest BCUT2D eigenvalue weighted by Gasteiger charge is -2.45. The van der Waals surface area contributed by atoms with Crippen molar-refractivity contribution in [2.24, 2.45) is 5.92 Å². The maximum atomic E-state index is 14.4. The molecule has 1 heterocycles. The Balaban J connectivity index is 1.65. The number of nitrogens with one attached hydrogen (secondary N) is 1. The van der Waals surface area contributed by atoms with Crippen LogP contribution in [0.3, 0.4) is 0 Å². The lowest BCUT2D eigenvalue weighted by Crippen LogP contribution is -2.46. The number of rotatable bonds is 7. The van der Waals surface area contributed by atoms with Crippen LogP contribution in [0, 0.1) is 11.7 Å².